The fourth-order valence-corrected chi connectivity index (χ4v) is 2.19. The van der Waals surface area contributed by atoms with Crippen LogP contribution in [0.3, 0.4) is 0 Å². The monoisotopic (exact) mass is 187 g/mol. The summed E-state index contributed by atoms with van der Waals surface area (Å²) in [5.74, 6) is 0.827. The Hall–Kier alpha value is -0.0800. The summed E-state index contributed by atoms with van der Waals surface area (Å²) in [6.07, 6.45) is 12.3. The Balaban J connectivity index is 0.00000144. The molecule has 2 nitrogen and oxygen atoms in total. The van der Waals surface area contributed by atoms with E-state index >= 15 is 0 Å². The Labute approximate surface area is 82.3 Å². The van der Waals surface area contributed by atoms with Crippen LogP contribution in [0.5, 0.6) is 0 Å². The lowest BCUT2D eigenvalue weighted by molar-refractivity contribution is 0.243. The Morgan fingerprint density at radius 1 is 0.846 bits per heavy atom. The second kappa shape index (κ2) is 8.52. The molecule has 13 heavy (non-hydrogen) atoms. The average molecular weight is 187 g/mol. The van der Waals surface area contributed by atoms with Crippen LogP contribution in [0.1, 0.15) is 57.8 Å². The predicted octanol–water partition coefficient (Wildman–Crippen LogP) is 3.28. The van der Waals surface area contributed by atoms with Crippen molar-refractivity contribution in [1.82, 2.24) is 6.15 Å². The zero-order chi connectivity index (χ0) is 8.65. The average Bonchev–Trinajstić information content (AvgIpc) is 2.19. The summed E-state index contributed by atoms with van der Waals surface area (Å²) in [6, 6.07) is 0. The van der Waals surface area contributed by atoms with Crippen molar-refractivity contribution in [2.75, 3.05) is 6.61 Å². The van der Waals surface area contributed by atoms with Crippen LogP contribution in [-0.2, 0) is 0 Å². The molecule has 1 saturated carbocycles. The molecule has 0 radical (unpaired) electrons. The molecule has 80 valence electrons. The molecule has 0 atom stereocenters. The Bertz CT molecular complexity index is 96.3. The Morgan fingerprint density at radius 2 is 1.31 bits per heavy atom. The minimum absolute atomic E-state index is 0. The first-order valence-corrected chi connectivity index (χ1v) is 5.54. The second-order valence-corrected chi connectivity index (χ2v) is 4.08. The maximum atomic E-state index is 8.85. The van der Waals surface area contributed by atoms with E-state index in [1.165, 1.54) is 51.4 Å². The minimum Gasteiger partial charge on any atom is -0.396 e. The summed E-state index contributed by atoms with van der Waals surface area (Å²) in [4.78, 5) is 0. The van der Waals surface area contributed by atoms with Crippen LogP contribution in [-0.4, -0.2) is 11.7 Å². The predicted molar refractivity (Wildman–Crippen MR) is 57.2 cm³/mol. The van der Waals surface area contributed by atoms with Crippen LogP contribution in [0.2, 0.25) is 0 Å². The molecule has 2 heteroatoms. The topological polar surface area (TPSA) is 55.2 Å². The zero-order valence-corrected chi connectivity index (χ0v) is 8.80. The van der Waals surface area contributed by atoms with Crippen LogP contribution in [0.25, 0.3) is 0 Å². The van der Waals surface area contributed by atoms with E-state index < -0.39 is 0 Å². The van der Waals surface area contributed by atoms with Crippen LogP contribution in [0.4, 0.5) is 0 Å². The molecule has 1 aliphatic carbocycles. The number of aliphatic hydroxyl groups excluding tert-OH is 1. The maximum absolute atomic E-state index is 8.85. The van der Waals surface area contributed by atoms with Gasteiger partial charge in [0.25, 0.3) is 0 Å². The van der Waals surface area contributed by atoms with E-state index in [0.29, 0.717) is 6.61 Å². The van der Waals surface area contributed by atoms with E-state index in [4.69, 9.17) is 5.11 Å². The van der Waals surface area contributed by atoms with Crippen molar-refractivity contribution in [3.63, 3.8) is 0 Å². The molecular weight excluding hydrogens is 162 g/mol. The molecule has 0 aromatic carbocycles. The van der Waals surface area contributed by atoms with Gasteiger partial charge in [0.05, 0.1) is 0 Å². The van der Waals surface area contributed by atoms with E-state index in [0.717, 1.165) is 12.3 Å². The molecule has 0 spiro atoms. The quantitative estimate of drug-likeness (QED) is 0.697. The van der Waals surface area contributed by atoms with Gasteiger partial charge in [-0.1, -0.05) is 51.4 Å². The molecule has 0 aromatic rings. The summed E-state index contributed by atoms with van der Waals surface area (Å²) in [7, 11) is 0. The van der Waals surface area contributed by atoms with Gasteiger partial charge in [0.1, 0.15) is 0 Å². The largest absolute Gasteiger partial charge is 0.396 e. The van der Waals surface area contributed by atoms with Crippen LogP contribution >= 0.6 is 0 Å². The van der Waals surface area contributed by atoms with E-state index in [1.54, 1.807) is 0 Å². The molecular formula is C11H25NO. The normalized spacial score (nSPS) is 21.0. The lowest BCUT2D eigenvalue weighted by atomic mass is 9.94. The first-order valence-electron chi connectivity index (χ1n) is 5.54. The molecule has 0 unspecified atom stereocenters. The molecule has 0 aromatic heterocycles. The summed E-state index contributed by atoms with van der Waals surface area (Å²) < 4.78 is 0. The zero-order valence-electron chi connectivity index (χ0n) is 8.80. The van der Waals surface area contributed by atoms with Gasteiger partial charge < -0.3 is 11.3 Å². The van der Waals surface area contributed by atoms with Gasteiger partial charge in [-0.05, 0) is 12.3 Å². The maximum Gasteiger partial charge on any atom is 0.0433 e. The van der Waals surface area contributed by atoms with Gasteiger partial charge in [0.2, 0.25) is 0 Å². The number of aliphatic hydroxyl groups is 1. The summed E-state index contributed by atoms with van der Waals surface area (Å²) in [6.45, 7) is 0.394. The van der Waals surface area contributed by atoms with Crippen molar-refractivity contribution in [2.24, 2.45) is 5.92 Å². The lowest BCUT2D eigenvalue weighted by Crippen LogP contribution is -2.02. The van der Waals surface area contributed by atoms with Crippen molar-refractivity contribution in [3.8, 4) is 0 Å². The van der Waals surface area contributed by atoms with Gasteiger partial charge in [-0.2, -0.15) is 0 Å². The van der Waals surface area contributed by atoms with Gasteiger partial charge in [0, 0.05) is 6.61 Å². The van der Waals surface area contributed by atoms with Crippen molar-refractivity contribution < 1.29 is 5.11 Å². The molecule has 1 aliphatic rings. The fraction of sp³-hybridized carbons (Fsp3) is 1.00. The third kappa shape index (κ3) is 6.05. The first-order chi connectivity index (χ1) is 5.93. The van der Waals surface area contributed by atoms with Crippen molar-refractivity contribution in [1.29, 1.82) is 0 Å². The van der Waals surface area contributed by atoms with Crippen molar-refractivity contribution >= 4 is 0 Å². The molecule has 0 aliphatic heterocycles. The third-order valence-corrected chi connectivity index (χ3v) is 3.01. The molecule has 0 saturated heterocycles. The van der Waals surface area contributed by atoms with Gasteiger partial charge in [0.15, 0.2) is 0 Å². The first kappa shape index (κ1) is 12.9. The molecule has 1 rings (SSSR count). The SMILES string of the molecule is N.OCCC1CCCCCCCC1. The smallest absolute Gasteiger partial charge is 0.0433 e. The van der Waals surface area contributed by atoms with Crippen LogP contribution in [0, 0.1) is 5.92 Å². The molecule has 0 heterocycles. The molecule has 1 fully saturated rings. The Morgan fingerprint density at radius 3 is 1.77 bits per heavy atom. The van der Waals surface area contributed by atoms with Gasteiger partial charge in [-0.3, -0.25) is 0 Å². The minimum atomic E-state index is 0. The van der Waals surface area contributed by atoms with Crippen LogP contribution in [0.15, 0.2) is 0 Å². The highest BCUT2D eigenvalue weighted by Crippen LogP contribution is 2.23. The van der Waals surface area contributed by atoms with Crippen LogP contribution < -0.4 is 6.15 Å². The van der Waals surface area contributed by atoms with Gasteiger partial charge in [-0.15, -0.1) is 0 Å². The third-order valence-electron chi connectivity index (χ3n) is 3.01. The number of hydrogen-bond donors (Lipinski definition) is 2. The number of hydrogen-bond acceptors (Lipinski definition) is 2. The summed E-state index contributed by atoms with van der Waals surface area (Å²) in [5.41, 5.74) is 0. The lowest BCUT2D eigenvalue weighted by Gasteiger charge is -2.13. The number of rotatable bonds is 2. The van der Waals surface area contributed by atoms with E-state index in [2.05, 4.69) is 0 Å². The summed E-state index contributed by atoms with van der Waals surface area (Å²) >= 11 is 0. The molecule has 4 N–H and O–H groups in total. The Kier molecular flexibility index (Phi) is 8.46. The summed E-state index contributed by atoms with van der Waals surface area (Å²) in [5, 5.41) is 8.85. The van der Waals surface area contributed by atoms with Gasteiger partial charge in [-0.25, -0.2) is 0 Å². The molecule has 0 amide bonds. The fourth-order valence-electron chi connectivity index (χ4n) is 2.19. The standard InChI is InChI=1S/C11H22O.H3N/c12-10-9-11-7-5-3-1-2-4-6-8-11;/h11-12H,1-10H2;1H3. The van der Waals surface area contributed by atoms with Crippen molar-refractivity contribution in [2.45, 2.75) is 57.8 Å². The highest BCUT2D eigenvalue weighted by Gasteiger charge is 2.09. The highest BCUT2D eigenvalue weighted by molar-refractivity contribution is 4.62. The van der Waals surface area contributed by atoms with Crippen molar-refractivity contribution in [3.05, 3.63) is 0 Å². The van der Waals surface area contributed by atoms with E-state index in [-0.39, 0.29) is 6.15 Å². The molecule has 0 bridgehead atoms. The van der Waals surface area contributed by atoms with Gasteiger partial charge >= 0.3 is 0 Å². The van der Waals surface area contributed by atoms with E-state index in [9.17, 15) is 0 Å². The van der Waals surface area contributed by atoms with E-state index in [1.807, 2.05) is 0 Å². The highest BCUT2D eigenvalue weighted by atomic mass is 16.3. The second-order valence-electron chi connectivity index (χ2n) is 4.08.